The Morgan fingerprint density at radius 3 is 3.15 bits per heavy atom. The van der Waals surface area contributed by atoms with Gasteiger partial charge in [0, 0.05) is 6.20 Å². The van der Waals surface area contributed by atoms with Crippen LogP contribution in [0.4, 0.5) is 0 Å². The molecule has 1 heterocycles. The lowest BCUT2D eigenvalue weighted by molar-refractivity contribution is 0.402. The first-order chi connectivity index (χ1) is 6.29. The van der Waals surface area contributed by atoms with Crippen LogP contribution in [-0.2, 0) is 0 Å². The molecule has 0 radical (unpaired) electrons. The first kappa shape index (κ1) is 9.49. The molecule has 0 saturated carbocycles. The van der Waals surface area contributed by atoms with Crippen LogP contribution in [0.2, 0.25) is 0 Å². The van der Waals surface area contributed by atoms with Crippen molar-refractivity contribution in [2.45, 2.75) is 12.5 Å². The fraction of sp³-hybridized carbons (Fsp3) is 0.333. The first-order valence-electron chi connectivity index (χ1n) is 3.91. The van der Waals surface area contributed by atoms with Crippen LogP contribution in [0.15, 0.2) is 18.3 Å². The van der Waals surface area contributed by atoms with Gasteiger partial charge in [-0.15, -0.1) is 0 Å². The van der Waals surface area contributed by atoms with E-state index >= 15 is 0 Å². The van der Waals surface area contributed by atoms with Crippen molar-refractivity contribution in [1.82, 2.24) is 4.98 Å². The molecule has 1 rings (SSSR count). The normalized spacial score (nSPS) is 11.8. The number of ether oxygens (including phenoxy) is 1. The van der Waals surface area contributed by atoms with E-state index in [1.807, 2.05) is 6.07 Å². The van der Waals surface area contributed by atoms with Gasteiger partial charge in [0.2, 0.25) is 0 Å². The minimum absolute atomic E-state index is 0.243. The summed E-state index contributed by atoms with van der Waals surface area (Å²) in [6.07, 6.45) is 1.88. The molecule has 0 bridgehead atoms. The Bertz CT molecular complexity index is 319. The Balaban J connectivity index is 2.93. The fourth-order valence-corrected chi connectivity index (χ4v) is 1.05. The van der Waals surface area contributed by atoms with Gasteiger partial charge in [-0.3, -0.25) is 4.98 Å². The molecule has 0 aliphatic heterocycles. The van der Waals surface area contributed by atoms with Crippen molar-refractivity contribution < 1.29 is 4.74 Å². The van der Waals surface area contributed by atoms with Crippen LogP contribution >= 0.6 is 0 Å². The lowest BCUT2D eigenvalue weighted by Gasteiger charge is -2.10. The fourth-order valence-electron chi connectivity index (χ4n) is 1.05. The molecule has 4 nitrogen and oxygen atoms in total. The van der Waals surface area contributed by atoms with Crippen molar-refractivity contribution in [2.75, 3.05) is 7.11 Å². The summed E-state index contributed by atoms with van der Waals surface area (Å²) in [7, 11) is 1.56. The zero-order valence-corrected chi connectivity index (χ0v) is 7.40. The average molecular weight is 177 g/mol. The number of rotatable bonds is 3. The van der Waals surface area contributed by atoms with Gasteiger partial charge in [-0.25, -0.2) is 0 Å². The zero-order chi connectivity index (χ0) is 9.68. The van der Waals surface area contributed by atoms with Crippen LogP contribution < -0.4 is 10.5 Å². The predicted octanol–water partition coefficient (Wildman–Crippen LogP) is 1.00. The van der Waals surface area contributed by atoms with E-state index in [0.29, 0.717) is 11.4 Å². The highest BCUT2D eigenvalue weighted by molar-refractivity contribution is 5.29. The van der Waals surface area contributed by atoms with E-state index in [0.717, 1.165) is 0 Å². The minimum atomic E-state index is -0.374. The maximum atomic E-state index is 8.46. The van der Waals surface area contributed by atoms with Gasteiger partial charge in [-0.05, 0) is 12.1 Å². The SMILES string of the molecule is COc1cccnc1C(N)CC#N. The van der Waals surface area contributed by atoms with E-state index in [4.69, 9.17) is 15.7 Å². The molecule has 1 atom stereocenters. The highest BCUT2D eigenvalue weighted by atomic mass is 16.5. The number of nitrogens with two attached hydrogens (primary N) is 1. The maximum absolute atomic E-state index is 8.46. The van der Waals surface area contributed by atoms with Crippen molar-refractivity contribution in [1.29, 1.82) is 5.26 Å². The Morgan fingerprint density at radius 1 is 1.77 bits per heavy atom. The zero-order valence-electron chi connectivity index (χ0n) is 7.40. The topological polar surface area (TPSA) is 71.9 Å². The van der Waals surface area contributed by atoms with Gasteiger partial charge in [0.1, 0.15) is 5.75 Å². The standard InChI is InChI=1S/C9H11N3O/c1-13-8-3-2-6-12-9(8)7(11)4-5-10/h2-3,6-7H,4,11H2,1H3. The van der Waals surface area contributed by atoms with Gasteiger partial charge in [0.15, 0.2) is 0 Å². The Morgan fingerprint density at radius 2 is 2.54 bits per heavy atom. The number of hydrogen-bond donors (Lipinski definition) is 1. The van der Waals surface area contributed by atoms with Crippen LogP contribution in [0.3, 0.4) is 0 Å². The Kier molecular flexibility index (Phi) is 3.23. The molecular weight excluding hydrogens is 166 g/mol. The molecule has 0 aliphatic rings. The summed E-state index contributed by atoms with van der Waals surface area (Å²) in [5, 5.41) is 8.46. The first-order valence-corrected chi connectivity index (χ1v) is 3.91. The summed E-state index contributed by atoms with van der Waals surface area (Å²) in [5.41, 5.74) is 6.35. The number of aromatic nitrogens is 1. The Hall–Kier alpha value is -1.60. The van der Waals surface area contributed by atoms with Gasteiger partial charge in [0.25, 0.3) is 0 Å². The summed E-state index contributed by atoms with van der Waals surface area (Å²) in [4.78, 5) is 4.07. The highest BCUT2D eigenvalue weighted by Gasteiger charge is 2.11. The highest BCUT2D eigenvalue weighted by Crippen LogP contribution is 2.21. The second-order valence-corrected chi connectivity index (χ2v) is 2.56. The van der Waals surface area contributed by atoms with Gasteiger partial charge < -0.3 is 10.5 Å². The summed E-state index contributed by atoms with van der Waals surface area (Å²) in [5.74, 6) is 0.630. The molecule has 1 aromatic heterocycles. The van der Waals surface area contributed by atoms with E-state index in [9.17, 15) is 0 Å². The summed E-state index contributed by atoms with van der Waals surface area (Å²) in [6, 6.07) is 5.17. The van der Waals surface area contributed by atoms with E-state index in [-0.39, 0.29) is 12.5 Å². The molecule has 13 heavy (non-hydrogen) atoms. The van der Waals surface area contributed by atoms with Crippen LogP contribution in [0.1, 0.15) is 18.2 Å². The number of pyridine rings is 1. The van der Waals surface area contributed by atoms with Gasteiger partial charge in [-0.2, -0.15) is 5.26 Å². The second-order valence-electron chi connectivity index (χ2n) is 2.56. The monoisotopic (exact) mass is 177 g/mol. The van der Waals surface area contributed by atoms with Crippen molar-refractivity contribution in [3.05, 3.63) is 24.0 Å². The third-order valence-electron chi connectivity index (χ3n) is 1.68. The summed E-state index contributed by atoms with van der Waals surface area (Å²) in [6.45, 7) is 0. The third kappa shape index (κ3) is 2.17. The van der Waals surface area contributed by atoms with Crippen molar-refractivity contribution in [3.63, 3.8) is 0 Å². The van der Waals surface area contributed by atoms with E-state index in [2.05, 4.69) is 4.98 Å². The molecule has 0 spiro atoms. The largest absolute Gasteiger partial charge is 0.495 e. The summed E-state index contributed by atoms with van der Waals surface area (Å²) >= 11 is 0. The van der Waals surface area contributed by atoms with Crippen molar-refractivity contribution in [2.24, 2.45) is 5.73 Å². The smallest absolute Gasteiger partial charge is 0.142 e. The van der Waals surface area contributed by atoms with Crippen LogP contribution in [0.5, 0.6) is 5.75 Å². The maximum Gasteiger partial charge on any atom is 0.142 e. The van der Waals surface area contributed by atoms with E-state index < -0.39 is 0 Å². The second kappa shape index (κ2) is 4.43. The van der Waals surface area contributed by atoms with Crippen LogP contribution in [0.25, 0.3) is 0 Å². The molecule has 0 aliphatic carbocycles. The quantitative estimate of drug-likeness (QED) is 0.747. The van der Waals surface area contributed by atoms with Crippen LogP contribution in [0, 0.1) is 11.3 Å². The number of hydrogen-bond acceptors (Lipinski definition) is 4. The Labute approximate surface area is 77.0 Å². The van der Waals surface area contributed by atoms with Gasteiger partial charge in [-0.1, -0.05) is 0 Å². The average Bonchev–Trinajstić information content (AvgIpc) is 2.18. The van der Waals surface area contributed by atoms with Crippen molar-refractivity contribution >= 4 is 0 Å². The molecule has 0 amide bonds. The molecule has 2 N–H and O–H groups in total. The van der Waals surface area contributed by atoms with Crippen molar-refractivity contribution in [3.8, 4) is 11.8 Å². The molecular formula is C9H11N3O. The molecule has 0 saturated heterocycles. The van der Waals surface area contributed by atoms with E-state index in [1.54, 1.807) is 25.4 Å². The van der Waals surface area contributed by atoms with E-state index in [1.165, 1.54) is 0 Å². The lowest BCUT2D eigenvalue weighted by atomic mass is 10.1. The third-order valence-corrected chi connectivity index (χ3v) is 1.68. The van der Waals surface area contributed by atoms with Crippen LogP contribution in [-0.4, -0.2) is 12.1 Å². The molecule has 0 fully saturated rings. The molecule has 4 heteroatoms. The molecule has 1 aromatic rings. The van der Waals surface area contributed by atoms with Gasteiger partial charge >= 0.3 is 0 Å². The predicted molar refractivity (Wildman–Crippen MR) is 47.9 cm³/mol. The lowest BCUT2D eigenvalue weighted by Crippen LogP contribution is -2.12. The molecule has 0 aromatic carbocycles. The molecule has 1 unspecified atom stereocenters. The number of nitrogens with zero attached hydrogens (tertiary/aromatic N) is 2. The minimum Gasteiger partial charge on any atom is -0.495 e. The molecule has 68 valence electrons. The number of nitriles is 1. The summed E-state index contributed by atoms with van der Waals surface area (Å²) < 4.78 is 5.06. The number of methoxy groups -OCH3 is 1. The van der Waals surface area contributed by atoms with Gasteiger partial charge in [0.05, 0.1) is 31.3 Å².